The third-order valence-corrected chi connectivity index (χ3v) is 4.54. The number of rotatable bonds is 5. The fraction of sp³-hybridized carbons (Fsp3) is 0.684. The SMILES string of the molecule is COc1cccc(CCNC2CC(C)(C)CC(C)(C)C2)c1. The molecule has 0 radical (unpaired) electrons. The van der Waals surface area contributed by atoms with Crippen LogP contribution in [0.1, 0.15) is 52.5 Å². The van der Waals surface area contributed by atoms with Crippen molar-refractivity contribution in [3.05, 3.63) is 29.8 Å². The second kappa shape index (κ2) is 6.39. The van der Waals surface area contributed by atoms with E-state index >= 15 is 0 Å². The van der Waals surface area contributed by atoms with E-state index in [1.54, 1.807) is 7.11 Å². The van der Waals surface area contributed by atoms with Crippen LogP contribution in [0.15, 0.2) is 24.3 Å². The Kier molecular flexibility index (Phi) is 4.98. The molecule has 21 heavy (non-hydrogen) atoms. The zero-order chi connectivity index (χ0) is 15.5. The summed E-state index contributed by atoms with van der Waals surface area (Å²) < 4.78 is 5.29. The molecule has 0 heterocycles. The minimum absolute atomic E-state index is 0.454. The van der Waals surface area contributed by atoms with Gasteiger partial charge in [0.15, 0.2) is 0 Å². The van der Waals surface area contributed by atoms with E-state index in [2.05, 4.69) is 51.2 Å². The van der Waals surface area contributed by atoms with Gasteiger partial charge < -0.3 is 10.1 Å². The van der Waals surface area contributed by atoms with Crippen LogP contribution in [-0.2, 0) is 6.42 Å². The van der Waals surface area contributed by atoms with Crippen molar-refractivity contribution in [3.8, 4) is 5.75 Å². The van der Waals surface area contributed by atoms with Crippen LogP contribution in [0.2, 0.25) is 0 Å². The van der Waals surface area contributed by atoms with Crippen LogP contribution in [0.5, 0.6) is 5.75 Å². The quantitative estimate of drug-likeness (QED) is 0.865. The van der Waals surface area contributed by atoms with Crippen molar-refractivity contribution >= 4 is 0 Å². The standard InChI is InChI=1S/C19H31NO/c1-18(2)12-16(13-19(3,4)14-18)20-10-9-15-7-6-8-17(11-15)21-5/h6-8,11,16,20H,9-10,12-14H2,1-5H3. The molecule has 2 heteroatoms. The Morgan fingerprint density at radius 1 is 1.14 bits per heavy atom. The van der Waals surface area contributed by atoms with Crippen LogP contribution in [0.3, 0.4) is 0 Å². The van der Waals surface area contributed by atoms with Gasteiger partial charge in [0.1, 0.15) is 5.75 Å². The molecule has 0 aliphatic heterocycles. The van der Waals surface area contributed by atoms with E-state index in [0.29, 0.717) is 16.9 Å². The van der Waals surface area contributed by atoms with E-state index in [4.69, 9.17) is 4.74 Å². The molecular weight excluding hydrogens is 258 g/mol. The lowest BCUT2D eigenvalue weighted by molar-refractivity contribution is 0.0854. The second-order valence-corrected chi connectivity index (χ2v) is 8.17. The monoisotopic (exact) mass is 289 g/mol. The maximum absolute atomic E-state index is 5.29. The Hall–Kier alpha value is -1.02. The molecule has 1 fully saturated rings. The van der Waals surface area contributed by atoms with Gasteiger partial charge in [-0.15, -0.1) is 0 Å². The molecule has 2 rings (SSSR count). The van der Waals surface area contributed by atoms with Gasteiger partial charge in [0.2, 0.25) is 0 Å². The highest BCUT2D eigenvalue weighted by molar-refractivity contribution is 5.28. The first-order valence-electron chi connectivity index (χ1n) is 8.16. The van der Waals surface area contributed by atoms with Crippen LogP contribution in [-0.4, -0.2) is 19.7 Å². The van der Waals surface area contributed by atoms with Crippen LogP contribution in [0.25, 0.3) is 0 Å². The van der Waals surface area contributed by atoms with Crippen molar-refractivity contribution in [1.29, 1.82) is 0 Å². The van der Waals surface area contributed by atoms with Gasteiger partial charge in [0.05, 0.1) is 7.11 Å². The molecule has 0 saturated heterocycles. The van der Waals surface area contributed by atoms with Gasteiger partial charge in [-0.25, -0.2) is 0 Å². The van der Waals surface area contributed by atoms with E-state index in [9.17, 15) is 0 Å². The smallest absolute Gasteiger partial charge is 0.119 e. The first-order valence-corrected chi connectivity index (χ1v) is 8.16. The highest BCUT2D eigenvalue weighted by atomic mass is 16.5. The molecule has 1 N–H and O–H groups in total. The van der Waals surface area contributed by atoms with Crippen molar-refractivity contribution in [2.75, 3.05) is 13.7 Å². The zero-order valence-corrected chi connectivity index (χ0v) is 14.3. The number of hydrogen-bond donors (Lipinski definition) is 1. The van der Waals surface area contributed by atoms with Gasteiger partial charge in [-0.2, -0.15) is 0 Å². The van der Waals surface area contributed by atoms with E-state index in [-0.39, 0.29) is 0 Å². The van der Waals surface area contributed by atoms with E-state index in [1.807, 2.05) is 6.07 Å². The zero-order valence-electron chi connectivity index (χ0n) is 14.3. The summed E-state index contributed by atoms with van der Waals surface area (Å²) in [5.41, 5.74) is 2.25. The van der Waals surface area contributed by atoms with Crippen LogP contribution in [0.4, 0.5) is 0 Å². The van der Waals surface area contributed by atoms with Gasteiger partial charge in [-0.3, -0.25) is 0 Å². The summed E-state index contributed by atoms with van der Waals surface area (Å²) >= 11 is 0. The molecule has 1 aromatic rings. The topological polar surface area (TPSA) is 21.3 Å². The van der Waals surface area contributed by atoms with Crippen molar-refractivity contribution in [2.24, 2.45) is 10.8 Å². The third-order valence-electron chi connectivity index (χ3n) is 4.54. The fourth-order valence-electron chi connectivity index (χ4n) is 4.24. The maximum Gasteiger partial charge on any atom is 0.119 e. The van der Waals surface area contributed by atoms with Crippen LogP contribution < -0.4 is 10.1 Å². The fourth-order valence-corrected chi connectivity index (χ4v) is 4.24. The van der Waals surface area contributed by atoms with Crippen molar-refractivity contribution < 1.29 is 4.74 Å². The van der Waals surface area contributed by atoms with Gasteiger partial charge in [-0.05, 0) is 60.8 Å². The van der Waals surface area contributed by atoms with E-state index < -0.39 is 0 Å². The average molecular weight is 289 g/mol. The molecule has 0 unspecified atom stereocenters. The number of ether oxygens (including phenoxy) is 1. The highest BCUT2D eigenvalue weighted by Gasteiger charge is 2.37. The molecule has 0 amide bonds. The van der Waals surface area contributed by atoms with Crippen LogP contribution >= 0.6 is 0 Å². The lowest BCUT2D eigenvalue weighted by atomic mass is 9.63. The Bertz CT molecular complexity index is 448. The van der Waals surface area contributed by atoms with Crippen molar-refractivity contribution in [1.82, 2.24) is 5.32 Å². The van der Waals surface area contributed by atoms with Gasteiger partial charge >= 0.3 is 0 Å². The lowest BCUT2D eigenvalue weighted by Crippen LogP contribution is -2.44. The molecule has 118 valence electrons. The first kappa shape index (κ1) is 16.4. The largest absolute Gasteiger partial charge is 0.497 e. The number of methoxy groups -OCH3 is 1. The molecule has 0 bridgehead atoms. The summed E-state index contributed by atoms with van der Waals surface area (Å²) in [5, 5.41) is 3.78. The molecule has 1 saturated carbocycles. The third kappa shape index (κ3) is 5.03. The highest BCUT2D eigenvalue weighted by Crippen LogP contribution is 2.45. The summed E-state index contributed by atoms with van der Waals surface area (Å²) in [6.45, 7) is 10.7. The minimum atomic E-state index is 0.454. The number of benzene rings is 1. The van der Waals surface area contributed by atoms with Crippen molar-refractivity contribution in [2.45, 2.75) is 59.4 Å². The Labute approximate surface area is 130 Å². The Morgan fingerprint density at radius 2 is 1.81 bits per heavy atom. The molecule has 0 spiro atoms. The van der Waals surface area contributed by atoms with E-state index in [1.165, 1.54) is 24.8 Å². The lowest BCUT2D eigenvalue weighted by Gasteiger charge is -2.45. The first-order chi connectivity index (χ1) is 9.80. The molecule has 0 atom stereocenters. The molecule has 1 aromatic carbocycles. The Morgan fingerprint density at radius 3 is 2.43 bits per heavy atom. The van der Waals surface area contributed by atoms with Crippen molar-refractivity contribution in [3.63, 3.8) is 0 Å². The predicted molar refractivity (Wildman–Crippen MR) is 89.9 cm³/mol. The molecule has 1 aliphatic rings. The summed E-state index contributed by atoms with van der Waals surface area (Å²) in [4.78, 5) is 0. The van der Waals surface area contributed by atoms with E-state index in [0.717, 1.165) is 18.7 Å². The summed E-state index contributed by atoms with van der Waals surface area (Å²) in [6.07, 6.45) is 4.96. The molecule has 2 nitrogen and oxygen atoms in total. The summed E-state index contributed by atoms with van der Waals surface area (Å²) in [6, 6.07) is 9.04. The van der Waals surface area contributed by atoms with Gasteiger partial charge in [0.25, 0.3) is 0 Å². The normalized spacial score (nSPS) is 21.2. The van der Waals surface area contributed by atoms with Gasteiger partial charge in [-0.1, -0.05) is 39.8 Å². The second-order valence-electron chi connectivity index (χ2n) is 8.17. The molecule has 1 aliphatic carbocycles. The Balaban J connectivity index is 1.85. The average Bonchev–Trinajstić information content (AvgIpc) is 2.35. The number of hydrogen-bond acceptors (Lipinski definition) is 2. The predicted octanol–water partition coefficient (Wildman–Crippen LogP) is 4.43. The molecular formula is C19H31NO. The minimum Gasteiger partial charge on any atom is -0.497 e. The van der Waals surface area contributed by atoms with Gasteiger partial charge in [0, 0.05) is 6.04 Å². The van der Waals surface area contributed by atoms with Crippen LogP contribution in [0, 0.1) is 10.8 Å². The maximum atomic E-state index is 5.29. The molecule has 0 aromatic heterocycles. The summed E-state index contributed by atoms with van der Waals surface area (Å²) in [7, 11) is 1.73. The number of nitrogens with one attached hydrogen (secondary N) is 1. The summed E-state index contributed by atoms with van der Waals surface area (Å²) in [5.74, 6) is 0.951.